The van der Waals surface area contributed by atoms with Gasteiger partial charge in [0.25, 0.3) is 5.91 Å². The number of benzene rings is 1. The van der Waals surface area contributed by atoms with E-state index in [9.17, 15) is 4.79 Å². The van der Waals surface area contributed by atoms with E-state index in [2.05, 4.69) is 4.90 Å². The average Bonchev–Trinajstić information content (AvgIpc) is 2.46. The van der Waals surface area contributed by atoms with Gasteiger partial charge in [-0.05, 0) is 31.0 Å². The van der Waals surface area contributed by atoms with Crippen LogP contribution in [-0.4, -0.2) is 34.4 Å². The number of rotatable bonds is 1. The molecule has 3 rings (SSSR count). The Labute approximate surface area is 130 Å². The molecule has 5 heteroatoms. The van der Waals surface area contributed by atoms with Crippen molar-refractivity contribution in [1.29, 1.82) is 0 Å². The summed E-state index contributed by atoms with van der Waals surface area (Å²) in [5, 5.41) is 0.646. The molecule has 2 unspecified atom stereocenters. The molecule has 1 heterocycles. The fourth-order valence-corrected chi connectivity index (χ4v) is 4.63. The van der Waals surface area contributed by atoms with E-state index in [1.54, 1.807) is 6.07 Å². The normalized spacial score (nSPS) is 25.5. The Hall–Kier alpha value is -0.870. The van der Waals surface area contributed by atoms with Gasteiger partial charge in [0.1, 0.15) is 0 Å². The maximum Gasteiger partial charge on any atom is 0.254 e. The van der Waals surface area contributed by atoms with Crippen molar-refractivity contribution in [1.82, 2.24) is 4.90 Å². The molecule has 2 atom stereocenters. The number of carbonyl (C=O) groups excluding carboxylic acids is 1. The lowest BCUT2D eigenvalue weighted by atomic mass is 9.92. The summed E-state index contributed by atoms with van der Waals surface area (Å²) in [7, 11) is 0. The zero-order chi connectivity index (χ0) is 13.2. The van der Waals surface area contributed by atoms with Gasteiger partial charge in [0.15, 0.2) is 0 Å². The molecular formula is C15H21ClN2OS. The smallest absolute Gasteiger partial charge is 0.254 e. The predicted octanol–water partition coefficient (Wildman–Crippen LogP) is 3.19. The Bertz CT molecular complexity index is 481. The van der Waals surface area contributed by atoms with Gasteiger partial charge >= 0.3 is 0 Å². The first-order valence-electron chi connectivity index (χ1n) is 7.04. The monoisotopic (exact) mass is 312 g/mol. The molecule has 0 aromatic heterocycles. The second kappa shape index (κ2) is 6.72. The summed E-state index contributed by atoms with van der Waals surface area (Å²) in [5.41, 5.74) is 7.18. The van der Waals surface area contributed by atoms with E-state index in [0.29, 0.717) is 17.0 Å². The molecule has 3 nitrogen and oxygen atoms in total. The Kier molecular flexibility index (Phi) is 5.22. The maximum absolute atomic E-state index is 12.7. The number of nitrogens with zero attached hydrogens (tertiary/aromatic N) is 1. The van der Waals surface area contributed by atoms with Crippen molar-refractivity contribution >= 4 is 35.8 Å². The second-order valence-electron chi connectivity index (χ2n) is 5.39. The van der Waals surface area contributed by atoms with Crippen LogP contribution in [0.5, 0.6) is 0 Å². The first-order chi connectivity index (χ1) is 9.25. The molecular weight excluding hydrogens is 292 g/mol. The number of amides is 1. The molecule has 1 saturated heterocycles. The minimum Gasteiger partial charge on any atom is -0.399 e. The van der Waals surface area contributed by atoms with Crippen LogP contribution in [0.2, 0.25) is 0 Å². The highest BCUT2D eigenvalue weighted by Crippen LogP contribution is 2.36. The number of carbonyl (C=O) groups is 1. The molecule has 0 radical (unpaired) electrons. The zero-order valence-electron chi connectivity index (χ0n) is 11.5. The number of hydrogen-bond acceptors (Lipinski definition) is 3. The summed E-state index contributed by atoms with van der Waals surface area (Å²) in [4.78, 5) is 14.8. The van der Waals surface area contributed by atoms with Crippen LogP contribution in [0.1, 0.15) is 36.0 Å². The van der Waals surface area contributed by atoms with Gasteiger partial charge in [-0.2, -0.15) is 11.8 Å². The lowest BCUT2D eigenvalue weighted by Crippen LogP contribution is -2.51. The number of anilines is 1. The van der Waals surface area contributed by atoms with Crippen molar-refractivity contribution in [2.45, 2.75) is 37.0 Å². The van der Waals surface area contributed by atoms with E-state index in [4.69, 9.17) is 5.73 Å². The first kappa shape index (κ1) is 15.5. The standard InChI is InChI=1S/C15H20N2OS.ClH/c16-12-5-3-4-11(10-12)15(18)17-8-9-19-14-7-2-1-6-13(14)17;/h3-5,10,13-14H,1-2,6-9,16H2;1H. The zero-order valence-corrected chi connectivity index (χ0v) is 13.1. The summed E-state index contributed by atoms with van der Waals surface area (Å²) < 4.78 is 0. The molecule has 0 bridgehead atoms. The lowest BCUT2D eigenvalue weighted by molar-refractivity contribution is 0.0646. The van der Waals surface area contributed by atoms with E-state index in [-0.39, 0.29) is 18.3 Å². The van der Waals surface area contributed by atoms with Crippen molar-refractivity contribution in [3.05, 3.63) is 29.8 Å². The Balaban J connectivity index is 0.00000147. The molecule has 1 amide bonds. The third-order valence-corrected chi connectivity index (χ3v) is 5.52. The van der Waals surface area contributed by atoms with Gasteiger partial charge in [0.05, 0.1) is 0 Å². The van der Waals surface area contributed by atoms with Crippen LogP contribution in [0, 0.1) is 0 Å². The maximum atomic E-state index is 12.7. The van der Waals surface area contributed by atoms with Gasteiger partial charge in [-0.1, -0.05) is 18.9 Å². The molecule has 1 aliphatic heterocycles. The average molecular weight is 313 g/mol. The highest BCUT2D eigenvalue weighted by Gasteiger charge is 2.36. The topological polar surface area (TPSA) is 46.3 Å². The van der Waals surface area contributed by atoms with Gasteiger partial charge in [-0.3, -0.25) is 4.79 Å². The van der Waals surface area contributed by atoms with Crippen LogP contribution in [0.25, 0.3) is 0 Å². The fraction of sp³-hybridized carbons (Fsp3) is 0.533. The SMILES string of the molecule is Cl.Nc1cccc(C(=O)N2CCSC3CCCCC32)c1. The number of nitrogen functional groups attached to an aromatic ring is 1. The van der Waals surface area contributed by atoms with E-state index >= 15 is 0 Å². The number of nitrogens with two attached hydrogens (primary N) is 1. The van der Waals surface area contributed by atoms with Gasteiger partial charge in [-0.15, -0.1) is 12.4 Å². The summed E-state index contributed by atoms with van der Waals surface area (Å²) >= 11 is 2.05. The molecule has 0 spiro atoms. The molecule has 2 N–H and O–H groups in total. The van der Waals surface area contributed by atoms with E-state index < -0.39 is 0 Å². The third kappa shape index (κ3) is 3.07. The van der Waals surface area contributed by atoms with Crippen LogP contribution >= 0.6 is 24.2 Å². The molecule has 20 heavy (non-hydrogen) atoms. The van der Waals surface area contributed by atoms with Crippen molar-refractivity contribution in [3.8, 4) is 0 Å². The van der Waals surface area contributed by atoms with Gasteiger partial charge in [-0.25, -0.2) is 0 Å². The summed E-state index contributed by atoms with van der Waals surface area (Å²) in [6, 6.07) is 7.79. The van der Waals surface area contributed by atoms with Crippen molar-refractivity contribution < 1.29 is 4.79 Å². The number of hydrogen-bond donors (Lipinski definition) is 1. The van der Waals surface area contributed by atoms with Gasteiger partial charge in [0, 0.05) is 34.8 Å². The van der Waals surface area contributed by atoms with Gasteiger partial charge < -0.3 is 10.6 Å². The number of halogens is 1. The largest absolute Gasteiger partial charge is 0.399 e. The van der Waals surface area contributed by atoms with Crippen molar-refractivity contribution in [3.63, 3.8) is 0 Å². The van der Waals surface area contributed by atoms with E-state index in [0.717, 1.165) is 24.3 Å². The highest BCUT2D eigenvalue weighted by atomic mass is 35.5. The summed E-state index contributed by atoms with van der Waals surface area (Å²) in [6.07, 6.45) is 4.98. The Morgan fingerprint density at radius 3 is 2.90 bits per heavy atom. The molecule has 2 aliphatic rings. The second-order valence-corrected chi connectivity index (χ2v) is 6.73. The number of thioether (sulfide) groups is 1. The van der Waals surface area contributed by atoms with Crippen molar-refractivity contribution in [2.24, 2.45) is 0 Å². The molecule has 2 fully saturated rings. The van der Waals surface area contributed by atoms with Crippen LogP contribution in [0.4, 0.5) is 5.69 Å². The van der Waals surface area contributed by atoms with Crippen LogP contribution in [-0.2, 0) is 0 Å². The fourth-order valence-electron chi connectivity index (χ4n) is 3.19. The molecule has 1 aromatic rings. The van der Waals surface area contributed by atoms with Gasteiger partial charge in [0.2, 0.25) is 0 Å². The quantitative estimate of drug-likeness (QED) is 0.810. The van der Waals surface area contributed by atoms with E-state index in [1.807, 2.05) is 30.0 Å². The third-order valence-electron chi connectivity index (χ3n) is 4.13. The number of fused-ring (bicyclic) bond motifs is 1. The minimum atomic E-state index is 0. The van der Waals surface area contributed by atoms with Crippen LogP contribution in [0.3, 0.4) is 0 Å². The van der Waals surface area contributed by atoms with Crippen LogP contribution < -0.4 is 5.73 Å². The highest BCUT2D eigenvalue weighted by molar-refractivity contribution is 8.00. The first-order valence-corrected chi connectivity index (χ1v) is 8.09. The summed E-state index contributed by atoms with van der Waals surface area (Å²) in [6.45, 7) is 0.874. The molecule has 1 saturated carbocycles. The Morgan fingerprint density at radius 1 is 1.30 bits per heavy atom. The van der Waals surface area contributed by atoms with Crippen molar-refractivity contribution in [2.75, 3.05) is 18.0 Å². The van der Waals surface area contributed by atoms with Crippen LogP contribution in [0.15, 0.2) is 24.3 Å². The predicted molar refractivity (Wildman–Crippen MR) is 87.6 cm³/mol. The molecule has 1 aromatic carbocycles. The summed E-state index contributed by atoms with van der Waals surface area (Å²) in [5.74, 6) is 1.22. The minimum absolute atomic E-state index is 0. The molecule has 110 valence electrons. The Morgan fingerprint density at radius 2 is 2.10 bits per heavy atom. The molecule has 1 aliphatic carbocycles. The lowest BCUT2D eigenvalue weighted by Gasteiger charge is -2.43. The van der Waals surface area contributed by atoms with E-state index in [1.165, 1.54) is 19.3 Å².